The fourth-order valence-corrected chi connectivity index (χ4v) is 2.06. The molecule has 0 aliphatic heterocycles. The Morgan fingerprint density at radius 3 is 2.45 bits per heavy atom. The van der Waals surface area contributed by atoms with E-state index in [9.17, 15) is 19.7 Å². The molecule has 0 aliphatic rings. The molecule has 0 aliphatic carbocycles. The molecule has 0 aromatic heterocycles. The molecule has 0 fully saturated rings. The monoisotopic (exact) mass is 320 g/mol. The van der Waals surface area contributed by atoms with E-state index in [1.807, 2.05) is 0 Å². The van der Waals surface area contributed by atoms with E-state index >= 15 is 0 Å². The van der Waals surface area contributed by atoms with Gasteiger partial charge >= 0.3 is 11.7 Å². The first-order valence-electron chi connectivity index (χ1n) is 5.40. The molecule has 0 spiro atoms. The lowest BCUT2D eigenvalue weighted by molar-refractivity contribution is -0.384. The van der Waals surface area contributed by atoms with E-state index in [0.29, 0.717) is 0 Å². The third-order valence-corrected chi connectivity index (χ3v) is 2.76. The highest BCUT2D eigenvalue weighted by molar-refractivity contribution is 6.39. The minimum atomic E-state index is -0.965. The van der Waals surface area contributed by atoms with E-state index in [4.69, 9.17) is 27.9 Å². The summed E-state index contributed by atoms with van der Waals surface area (Å²) in [6, 6.07) is 1.13. The number of esters is 1. The molecular formula is C11H10Cl2N2O5. The SMILES string of the molecule is CCOC(=O)c1c(Cl)cc(Cl)c(NC(C)=O)c1[N+](=O)[O-]. The van der Waals surface area contributed by atoms with E-state index in [0.717, 1.165) is 13.0 Å². The summed E-state index contributed by atoms with van der Waals surface area (Å²) in [7, 11) is 0. The van der Waals surface area contributed by atoms with Crippen LogP contribution in [0.3, 0.4) is 0 Å². The highest BCUT2D eigenvalue weighted by atomic mass is 35.5. The molecule has 1 aromatic rings. The molecule has 0 unspecified atom stereocenters. The van der Waals surface area contributed by atoms with Crippen molar-refractivity contribution in [3.8, 4) is 0 Å². The number of rotatable bonds is 4. The van der Waals surface area contributed by atoms with Crippen LogP contribution in [0.25, 0.3) is 0 Å². The Morgan fingerprint density at radius 1 is 1.40 bits per heavy atom. The number of carbonyl (C=O) groups is 2. The smallest absolute Gasteiger partial charge is 0.346 e. The maximum atomic E-state index is 11.8. The van der Waals surface area contributed by atoms with Gasteiger partial charge in [-0.1, -0.05) is 23.2 Å². The summed E-state index contributed by atoms with van der Waals surface area (Å²) >= 11 is 11.6. The first-order valence-corrected chi connectivity index (χ1v) is 6.16. The van der Waals surface area contributed by atoms with E-state index in [1.54, 1.807) is 6.92 Å². The standard InChI is InChI=1S/C11H10Cl2N2O5/c1-3-20-11(17)8-6(12)4-7(13)9(14-5(2)16)10(8)15(18)19/h4H,3H2,1-2H3,(H,14,16). The Kier molecular flexibility index (Phi) is 5.29. The zero-order valence-corrected chi connectivity index (χ0v) is 12.0. The number of nitro groups is 1. The maximum Gasteiger partial charge on any atom is 0.346 e. The van der Waals surface area contributed by atoms with Gasteiger partial charge in [-0.3, -0.25) is 14.9 Å². The predicted octanol–water partition coefficient (Wildman–Crippen LogP) is 3.04. The Labute approximate surface area is 124 Å². The molecule has 1 N–H and O–H groups in total. The quantitative estimate of drug-likeness (QED) is 0.522. The summed E-state index contributed by atoms with van der Waals surface area (Å²) in [5.74, 6) is -1.54. The van der Waals surface area contributed by atoms with E-state index in [1.165, 1.54) is 0 Å². The van der Waals surface area contributed by atoms with Gasteiger partial charge in [0.05, 0.1) is 21.6 Å². The zero-order chi connectivity index (χ0) is 15.4. The summed E-state index contributed by atoms with van der Waals surface area (Å²) in [6.07, 6.45) is 0. The second-order valence-electron chi connectivity index (χ2n) is 3.60. The van der Waals surface area contributed by atoms with Crippen LogP contribution in [0.2, 0.25) is 10.0 Å². The molecule has 0 saturated carbocycles. The number of ether oxygens (including phenoxy) is 1. The van der Waals surface area contributed by atoms with Crippen molar-refractivity contribution in [1.29, 1.82) is 0 Å². The lowest BCUT2D eigenvalue weighted by Crippen LogP contribution is -2.14. The molecule has 1 amide bonds. The minimum absolute atomic E-state index is 0.0183. The van der Waals surface area contributed by atoms with Gasteiger partial charge < -0.3 is 10.1 Å². The molecule has 1 aromatic carbocycles. The molecule has 0 saturated heterocycles. The Bertz CT molecular complexity index is 589. The number of nitrogens with one attached hydrogen (secondary N) is 1. The van der Waals surface area contributed by atoms with Crippen LogP contribution in [0.5, 0.6) is 0 Å². The second kappa shape index (κ2) is 6.53. The number of amides is 1. The average Bonchev–Trinajstić information content (AvgIpc) is 2.31. The van der Waals surface area contributed by atoms with Crippen molar-refractivity contribution in [2.75, 3.05) is 11.9 Å². The van der Waals surface area contributed by atoms with Gasteiger partial charge in [-0.2, -0.15) is 0 Å². The van der Waals surface area contributed by atoms with E-state index in [2.05, 4.69) is 5.32 Å². The van der Waals surface area contributed by atoms with Gasteiger partial charge in [-0.05, 0) is 13.0 Å². The van der Waals surface area contributed by atoms with Crippen molar-refractivity contribution in [3.05, 3.63) is 31.8 Å². The molecule has 0 radical (unpaired) electrons. The predicted molar refractivity (Wildman–Crippen MR) is 73.4 cm³/mol. The lowest BCUT2D eigenvalue weighted by atomic mass is 10.1. The fraction of sp³-hybridized carbons (Fsp3) is 0.273. The lowest BCUT2D eigenvalue weighted by Gasteiger charge is -2.11. The van der Waals surface area contributed by atoms with Crippen molar-refractivity contribution in [3.63, 3.8) is 0 Å². The topological polar surface area (TPSA) is 98.5 Å². The van der Waals surface area contributed by atoms with Gasteiger partial charge in [0.15, 0.2) is 5.56 Å². The third kappa shape index (κ3) is 3.37. The summed E-state index contributed by atoms with van der Waals surface area (Å²) in [5, 5.41) is 13.0. The van der Waals surface area contributed by atoms with Gasteiger partial charge in [0.2, 0.25) is 5.91 Å². The fourth-order valence-electron chi connectivity index (χ4n) is 1.48. The van der Waals surface area contributed by atoms with E-state index in [-0.39, 0.29) is 22.3 Å². The number of carbonyl (C=O) groups excluding carboxylic acids is 2. The van der Waals surface area contributed by atoms with Crippen molar-refractivity contribution in [2.24, 2.45) is 0 Å². The molecule has 108 valence electrons. The van der Waals surface area contributed by atoms with Crippen molar-refractivity contribution < 1.29 is 19.2 Å². The molecule has 0 heterocycles. The molecule has 0 bridgehead atoms. The number of hydrogen-bond acceptors (Lipinski definition) is 5. The third-order valence-electron chi connectivity index (χ3n) is 2.17. The summed E-state index contributed by atoms with van der Waals surface area (Å²) in [6.45, 7) is 2.71. The van der Waals surface area contributed by atoms with Crippen LogP contribution in [0.15, 0.2) is 6.07 Å². The molecule has 7 nitrogen and oxygen atoms in total. The number of anilines is 1. The normalized spacial score (nSPS) is 10.0. The Morgan fingerprint density at radius 2 is 2.00 bits per heavy atom. The summed E-state index contributed by atoms with van der Waals surface area (Å²) in [5.41, 5.74) is -1.44. The van der Waals surface area contributed by atoms with Gasteiger partial charge in [0, 0.05) is 6.92 Å². The molecule has 0 atom stereocenters. The van der Waals surface area contributed by atoms with E-state index < -0.39 is 28.1 Å². The molecular weight excluding hydrogens is 311 g/mol. The Hall–Kier alpha value is -1.86. The van der Waals surface area contributed by atoms with Gasteiger partial charge in [0.25, 0.3) is 0 Å². The van der Waals surface area contributed by atoms with Crippen LogP contribution in [0.4, 0.5) is 11.4 Å². The Balaban J connectivity index is 3.61. The number of nitrogens with zero attached hydrogens (tertiary/aromatic N) is 1. The summed E-state index contributed by atoms with van der Waals surface area (Å²) < 4.78 is 4.72. The number of benzene rings is 1. The van der Waals surface area contributed by atoms with Gasteiger partial charge in [-0.25, -0.2) is 4.79 Å². The average molecular weight is 321 g/mol. The minimum Gasteiger partial charge on any atom is -0.462 e. The second-order valence-corrected chi connectivity index (χ2v) is 4.41. The maximum absolute atomic E-state index is 11.8. The molecule has 9 heteroatoms. The number of halogens is 2. The zero-order valence-electron chi connectivity index (χ0n) is 10.5. The van der Waals surface area contributed by atoms with Crippen molar-refractivity contribution >= 4 is 46.5 Å². The largest absolute Gasteiger partial charge is 0.462 e. The number of nitro benzene ring substituents is 1. The highest BCUT2D eigenvalue weighted by Crippen LogP contribution is 2.40. The van der Waals surface area contributed by atoms with Gasteiger partial charge in [0.1, 0.15) is 5.69 Å². The van der Waals surface area contributed by atoms with Crippen LogP contribution >= 0.6 is 23.2 Å². The van der Waals surface area contributed by atoms with Crippen molar-refractivity contribution in [1.82, 2.24) is 0 Å². The summed E-state index contributed by atoms with van der Waals surface area (Å²) in [4.78, 5) is 33.2. The molecule has 20 heavy (non-hydrogen) atoms. The first kappa shape index (κ1) is 16.2. The highest BCUT2D eigenvalue weighted by Gasteiger charge is 2.31. The first-order chi connectivity index (χ1) is 9.29. The van der Waals surface area contributed by atoms with Gasteiger partial charge in [-0.15, -0.1) is 0 Å². The van der Waals surface area contributed by atoms with Crippen LogP contribution in [-0.4, -0.2) is 23.4 Å². The van der Waals surface area contributed by atoms with Crippen LogP contribution in [0.1, 0.15) is 24.2 Å². The van der Waals surface area contributed by atoms with Crippen LogP contribution < -0.4 is 5.32 Å². The number of hydrogen-bond donors (Lipinski definition) is 1. The van der Waals surface area contributed by atoms with Crippen molar-refractivity contribution in [2.45, 2.75) is 13.8 Å². The van der Waals surface area contributed by atoms with Crippen LogP contribution in [-0.2, 0) is 9.53 Å². The van der Waals surface area contributed by atoms with Crippen LogP contribution in [0, 0.1) is 10.1 Å². The molecule has 1 rings (SSSR count).